The van der Waals surface area contributed by atoms with Crippen molar-refractivity contribution in [2.75, 3.05) is 0 Å². The molecular weight excluding hydrogens is 629 g/mol. The lowest BCUT2D eigenvalue weighted by Gasteiger charge is -2.30. The molecule has 4 heterocycles. The molecule has 4 aromatic heterocycles. The third kappa shape index (κ3) is 7.48. The Kier molecular flexibility index (Phi) is 11.0. The van der Waals surface area contributed by atoms with Crippen molar-refractivity contribution >= 4 is 11.5 Å². The Morgan fingerprint density at radius 2 is 1.20 bits per heavy atom. The fourth-order valence-electron chi connectivity index (χ4n) is 6.82. The fourth-order valence-corrected chi connectivity index (χ4v) is 6.82. The van der Waals surface area contributed by atoms with Gasteiger partial charge in [0.05, 0.1) is 29.7 Å². The lowest BCUT2D eigenvalue weighted by molar-refractivity contribution is 0.554. The third-order valence-electron chi connectivity index (χ3n) is 10.1. The molecule has 0 spiro atoms. The van der Waals surface area contributed by atoms with Gasteiger partial charge in [0, 0.05) is 17.7 Å². The Hall–Kier alpha value is -5.18. The van der Waals surface area contributed by atoms with Gasteiger partial charge in [-0.05, 0) is 89.8 Å². The highest BCUT2D eigenvalue weighted by Gasteiger charge is 2.33. The van der Waals surface area contributed by atoms with Crippen molar-refractivity contribution < 1.29 is 0 Å². The van der Waals surface area contributed by atoms with Gasteiger partial charge in [-0.15, -0.1) is 0 Å². The van der Waals surface area contributed by atoms with Crippen molar-refractivity contribution in [3.8, 4) is 23.8 Å². The van der Waals surface area contributed by atoms with Gasteiger partial charge in [-0.1, -0.05) is 88.7 Å². The van der Waals surface area contributed by atoms with Crippen LogP contribution in [0.5, 0.6) is 0 Å². The second-order valence-electron chi connectivity index (χ2n) is 16.4. The van der Waals surface area contributed by atoms with Gasteiger partial charge in [-0.3, -0.25) is 0 Å². The summed E-state index contributed by atoms with van der Waals surface area (Å²) in [6.45, 7) is 41.7. The first-order valence-electron chi connectivity index (χ1n) is 18.0. The van der Waals surface area contributed by atoms with Gasteiger partial charge in [0.1, 0.15) is 23.7 Å². The standard InChI is InChI=1S/C43H52N8/c1-15-17-27(3)38-29(23-44)25-51(40(38)47-14)37-22-31(42(8,9)10)20-35(49-37)43(11,12)34-19-30(41(5,6)7)21-36(48-34)50-26-32(46-13)39(33(50)24-45)28(4)18-16-2/h19-22,25-28H,15-18H2,1-12H3. The van der Waals surface area contributed by atoms with Crippen molar-refractivity contribution in [1.82, 2.24) is 19.1 Å². The Morgan fingerprint density at radius 3 is 1.61 bits per heavy atom. The van der Waals surface area contributed by atoms with E-state index in [9.17, 15) is 10.5 Å². The maximum absolute atomic E-state index is 10.5. The Balaban J connectivity index is 2.04. The molecule has 8 nitrogen and oxygen atoms in total. The molecule has 0 aliphatic rings. The molecule has 0 aliphatic heterocycles. The van der Waals surface area contributed by atoms with Crippen LogP contribution >= 0.6 is 0 Å². The average molecular weight is 681 g/mol. The summed E-state index contributed by atoms with van der Waals surface area (Å²) in [5.41, 5.74) is 5.38. The van der Waals surface area contributed by atoms with Crippen molar-refractivity contribution in [2.24, 2.45) is 0 Å². The first-order valence-corrected chi connectivity index (χ1v) is 18.0. The highest BCUT2D eigenvalue weighted by Crippen LogP contribution is 2.41. The number of nitrogens with zero attached hydrogens (tertiary/aromatic N) is 8. The molecule has 0 aliphatic carbocycles. The molecule has 0 aromatic carbocycles. The first-order chi connectivity index (χ1) is 23.9. The van der Waals surface area contributed by atoms with E-state index < -0.39 is 5.41 Å². The summed E-state index contributed by atoms with van der Waals surface area (Å²) in [6.07, 6.45) is 7.17. The smallest absolute Gasteiger partial charge is 0.241 e. The van der Waals surface area contributed by atoms with Crippen LogP contribution in [-0.4, -0.2) is 19.1 Å². The number of rotatable bonds is 10. The number of pyridine rings is 2. The van der Waals surface area contributed by atoms with Crippen LogP contribution in [0.25, 0.3) is 21.3 Å². The zero-order chi connectivity index (χ0) is 38.1. The van der Waals surface area contributed by atoms with E-state index in [2.05, 4.69) is 117 Å². The van der Waals surface area contributed by atoms with E-state index in [1.807, 2.05) is 12.1 Å². The fraction of sp³-hybridized carbons (Fsp3) is 0.488. The van der Waals surface area contributed by atoms with Crippen molar-refractivity contribution in [3.63, 3.8) is 0 Å². The molecule has 51 heavy (non-hydrogen) atoms. The van der Waals surface area contributed by atoms with Gasteiger partial charge >= 0.3 is 0 Å². The van der Waals surface area contributed by atoms with E-state index >= 15 is 0 Å². The maximum Gasteiger partial charge on any atom is 0.241 e. The van der Waals surface area contributed by atoms with Gasteiger partial charge < -0.3 is 9.41 Å². The molecule has 4 rings (SSSR count). The summed E-state index contributed by atoms with van der Waals surface area (Å²) in [6, 6.07) is 13.1. The largest absolute Gasteiger partial charge is 0.363 e. The molecule has 0 saturated heterocycles. The van der Waals surface area contributed by atoms with Gasteiger partial charge in [0.25, 0.3) is 0 Å². The predicted molar refractivity (Wildman–Crippen MR) is 205 cm³/mol. The van der Waals surface area contributed by atoms with Crippen LogP contribution in [0.3, 0.4) is 0 Å². The zero-order valence-electron chi connectivity index (χ0n) is 32.5. The van der Waals surface area contributed by atoms with Crippen LogP contribution in [0.15, 0.2) is 36.7 Å². The summed E-state index contributed by atoms with van der Waals surface area (Å²) >= 11 is 0. The van der Waals surface area contributed by atoms with Crippen molar-refractivity contribution in [3.05, 3.63) is 104 Å². The number of hydrogen-bond acceptors (Lipinski definition) is 4. The van der Waals surface area contributed by atoms with E-state index in [-0.39, 0.29) is 22.7 Å². The SMILES string of the molecule is [C-]#[N+]c1cn(-c2cc(C(C)(C)C)cc(C(C)(C)c3cc(C(C)(C)C)cc(-n4cc(C#N)c(C(C)CCC)c4[N+]#[C-])n3)n2)c(C#N)c1C(C)CCC. The Morgan fingerprint density at radius 1 is 0.706 bits per heavy atom. The highest BCUT2D eigenvalue weighted by atomic mass is 15.1. The molecular formula is C43H52N8. The summed E-state index contributed by atoms with van der Waals surface area (Å²) in [5.74, 6) is 1.71. The maximum atomic E-state index is 10.5. The third-order valence-corrected chi connectivity index (χ3v) is 10.1. The minimum absolute atomic E-state index is 0.0558. The molecule has 0 saturated carbocycles. The Bertz CT molecular complexity index is 1950. The van der Waals surface area contributed by atoms with Gasteiger partial charge in [-0.25, -0.2) is 19.4 Å². The summed E-state index contributed by atoms with van der Waals surface area (Å²) < 4.78 is 3.58. The first kappa shape index (κ1) is 38.6. The Labute approximate surface area is 305 Å². The molecule has 2 atom stereocenters. The van der Waals surface area contributed by atoms with E-state index in [1.165, 1.54) is 0 Å². The lowest BCUT2D eigenvalue weighted by atomic mass is 9.78. The molecule has 0 radical (unpaired) electrons. The monoisotopic (exact) mass is 680 g/mol. The van der Waals surface area contributed by atoms with Crippen molar-refractivity contribution in [1.29, 1.82) is 10.5 Å². The number of aromatic nitrogens is 4. The quantitative estimate of drug-likeness (QED) is 0.156. The molecule has 0 amide bonds. The van der Waals surface area contributed by atoms with Crippen LogP contribution in [0.4, 0.5) is 11.5 Å². The second kappa shape index (κ2) is 14.6. The zero-order valence-corrected chi connectivity index (χ0v) is 32.5. The van der Waals surface area contributed by atoms with Crippen LogP contribution in [-0.2, 0) is 16.2 Å². The van der Waals surface area contributed by atoms with E-state index in [4.69, 9.17) is 23.1 Å². The van der Waals surface area contributed by atoms with Gasteiger partial charge in [-0.2, -0.15) is 10.5 Å². The average Bonchev–Trinajstić information content (AvgIpc) is 3.66. The van der Waals surface area contributed by atoms with Crippen LogP contribution in [0, 0.1) is 35.8 Å². The normalized spacial score (nSPS) is 13.2. The van der Waals surface area contributed by atoms with Crippen molar-refractivity contribution in [2.45, 2.75) is 137 Å². The minimum Gasteiger partial charge on any atom is -0.363 e. The number of nitriles is 2. The highest BCUT2D eigenvalue weighted by molar-refractivity contribution is 5.63. The van der Waals surface area contributed by atoms with Crippen LogP contribution in [0.1, 0.15) is 166 Å². The molecule has 0 bridgehead atoms. The topological polar surface area (TPSA) is 91.9 Å². The van der Waals surface area contributed by atoms with Gasteiger partial charge in [0.15, 0.2) is 0 Å². The molecule has 8 heteroatoms. The minimum atomic E-state index is -0.727. The molecule has 264 valence electrons. The molecule has 4 aromatic rings. The van der Waals surface area contributed by atoms with E-state index in [1.54, 1.807) is 21.5 Å². The predicted octanol–water partition coefficient (Wildman–Crippen LogP) is 11.6. The lowest BCUT2D eigenvalue weighted by Crippen LogP contribution is -2.26. The summed E-state index contributed by atoms with van der Waals surface area (Å²) in [5, 5.41) is 20.6. The number of hydrogen-bond donors (Lipinski definition) is 0. The van der Waals surface area contributed by atoms with E-state index in [0.29, 0.717) is 34.4 Å². The van der Waals surface area contributed by atoms with E-state index in [0.717, 1.165) is 59.3 Å². The van der Waals surface area contributed by atoms with Crippen LogP contribution < -0.4 is 0 Å². The molecule has 0 N–H and O–H groups in total. The molecule has 0 fully saturated rings. The molecule has 2 unspecified atom stereocenters. The van der Waals surface area contributed by atoms with Crippen LogP contribution in [0.2, 0.25) is 0 Å². The summed E-state index contributed by atoms with van der Waals surface area (Å²) in [4.78, 5) is 18.3. The second-order valence-corrected chi connectivity index (χ2v) is 16.4. The van der Waals surface area contributed by atoms with Gasteiger partial charge in [0.2, 0.25) is 17.3 Å². The summed E-state index contributed by atoms with van der Waals surface area (Å²) in [7, 11) is 0.